The number of nitrogens with zero attached hydrogens (tertiary/aromatic N) is 3. The number of ether oxygens (including phenoxy) is 1. The first kappa shape index (κ1) is 16.1. The van der Waals surface area contributed by atoms with Crippen molar-refractivity contribution in [3.63, 3.8) is 0 Å². The molecule has 0 radical (unpaired) electrons. The molecular formula is C9H12ClF3N4OS. The van der Waals surface area contributed by atoms with E-state index in [1.165, 1.54) is 0 Å². The third-order valence-electron chi connectivity index (χ3n) is 1.58. The fraction of sp³-hybridized carbons (Fsp3) is 0.667. The van der Waals surface area contributed by atoms with Crippen LogP contribution in [0, 0.1) is 0 Å². The van der Waals surface area contributed by atoms with Gasteiger partial charge in [-0.3, -0.25) is 0 Å². The van der Waals surface area contributed by atoms with Crippen molar-refractivity contribution in [2.75, 3.05) is 17.6 Å². The van der Waals surface area contributed by atoms with Crippen molar-refractivity contribution in [2.24, 2.45) is 0 Å². The highest BCUT2D eigenvalue weighted by Gasteiger charge is 2.27. The Balaban J connectivity index is 2.51. The smallest absolute Gasteiger partial charge is 0.441 e. The summed E-state index contributed by atoms with van der Waals surface area (Å²) in [4.78, 5) is 11.4. The second-order valence-electron chi connectivity index (χ2n) is 3.60. The van der Waals surface area contributed by atoms with Gasteiger partial charge in [-0.1, -0.05) is 0 Å². The van der Waals surface area contributed by atoms with Gasteiger partial charge in [0.15, 0.2) is 0 Å². The Kier molecular flexibility index (Phi) is 5.92. The Labute approximate surface area is 117 Å². The fourth-order valence-corrected chi connectivity index (χ4v) is 1.59. The maximum atomic E-state index is 11.9. The molecule has 0 fully saturated rings. The standard InChI is InChI=1S/C9H12ClF3N4OS/c1-5(2)18-8-16-6(10)15-7(17-8)14-3-4-19-9(11,12)13/h5H,3-4H2,1-2H3,(H,14,15,16,17). The molecule has 5 nitrogen and oxygen atoms in total. The van der Waals surface area contributed by atoms with E-state index in [2.05, 4.69) is 20.3 Å². The maximum absolute atomic E-state index is 11.9. The second kappa shape index (κ2) is 6.99. The van der Waals surface area contributed by atoms with Crippen molar-refractivity contribution >= 4 is 29.3 Å². The maximum Gasteiger partial charge on any atom is 0.441 e. The van der Waals surface area contributed by atoms with Crippen LogP contribution >= 0.6 is 23.4 Å². The first-order chi connectivity index (χ1) is 8.76. The number of hydrogen-bond acceptors (Lipinski definition) is 6. The van der Waals surface area contributed by atoms with Crippen molar-refractivity contribution in [2.45, 2.75) is 25.5 Å². The van der Waals surface area contributed by atoms with Crippen LogP contribution in [0.3, 0.4) is 0 Å². The normalized spacial score (nSPS) is 11.7. The largest absolute Gasteiger partial charge is 0.461 e. The molecule has 1 N–H and O–H groups in total. The number of alkyl halides is 3. The van der Waals surface area contributed by atoms with Crippen molar-refractivity contribution in [3.8, 4) is 6.01 Å². The number of rotatable bonds is 6. The molecule has 0 aliphatic heterocycles. The zero-order valence-electron chi connectivity index (χ0n) is 10.2. The third kappa shape index (κ3) is 7.26. The number of thioether (sulfide) groups is 1. The lowest BCUT2D eigenvalue weighted by Crippen LogP contribution is -2.14. The van der Waals surface area contributed by atoms with E-state index in [0.29, 0.717) is 0 Å². The lowest BCUT2D eigenvalue weighted by molar-refractivity contribution is -0.0327. The average molecular weight is 317 g/mol. The first-order valence-electron chi connectivity index (χ1n) is 5.29. The summed E-state index contributed by atoms with van der Waals surface area (Å²) in [6, 6.07) is 0.0287. The van der Waals surface area contributed by atoms with Crippen LogP contribution in [0.4, 0.5) is 19.1 Å². The third-order valence-corrected chi connectivity index (χ3v) is 2.48. The van der Waals surface area contributed by atoms with E-state index in [1.807, 2.05) is 0 Å². The number of aromatic nitrogens is 3. The van der Waals surface area contributed by atoms with Gasteiger partial charge in [-0.2, -0.15) is 28.1 Å². The Morgan fingerprint density at radius 2 is 2.00 bits per heavy atom. The monoisotopic (exact) mass is 316 g/mol. The van der Waals surface area contributed by atoms with Gasteiger partial charge >= 0.3 is 11.5 Å². The van der Waals surface area contributed by atoms with E-state index in [4.69, 9.17) is 16.3 Å². The van der Waals surface area contributed by atoms with Gasteiger partial charge in [-0.25, -0.2) is 0 Å². The van der Waals surface area contributed by atoms with Crippen LogP contribution < -0.4 is 10.1 Å². The molecule has 0 bridgehead atoms. The summed E-state index contributed by atoms with van der Waals surface area (Å²) in [6.07, 6.45) is -0.146. The van der Waals surface area contributed by atoms with Crippen LogP contribution in [0.1, 0.15) is 13.8 Å². The molecule has 108 valence electrons. The first-order valence-corrected chi connectivity index (χ1v) is 6.65. The zero-order valence-corrected chi connectivity index (χ0v) is 11.7. The van der Waals surface area contributed by atoms with Crippen LogP contribution in [-0.2, 0) is 0 Å². The number of halogens is 4. The van der Waals surface area contributed by atoms with Gasteiger partial charge < -0.3 is 10.1 Å². The highest BCUT2D eigenvalue weighted by molar-refractivity contribution is 8.00. The van der Waals surface area contributed by atoms with E-state index in [9.17, 15) is 13.2 Å². The predicted octanol–water partition coefficient (Wildman–Crippen LogP) is 2.98. The van der Waals surface area contributed by atoms with Gasteiger partial charge in [0.2, 0.25) is 11.2 Å². The lowest BCUT2D eigenvalue weighted by atomic mass is 10.5. The van der Waals surface area contributed by atoms with Gasteiger partial charge in [-0.15, -0.1) is 0 Å². The van der Waals surface area contributed by atoms with Gasteiger partial charge in [0.1, 0.15) is 0 Å². The minimum Gasteiger partial charge on any atom is -0.461 e. The molecule has 0 aliphatic carbocycles. The van der Waals surface area contributed by atoms with Gasteiger partial charge in [0.25, 0.3) is 0 Å². The topological polar surface area (TPSA) is 59.9 Å². The van der Waals surface area contributed by atoms with Crippen molar-refractivity contribution in [1.82, 2.24) is 15.0 Å². The molecule has 0 unspecified atom stereocenters. The summed E-state index contributed by atoms with van der Waals surface area (Å²) in [5.41, 5.74) is -4.25. The van der Waals surface area contributed by atoms with E-state index in [-0.39, 0.29) is 47.4 Å². The molecule has 19 heavy (non-hydrogen) atoms. The number of nitrogens with one attached hydrogen (secondary N) is 1. The Morgan fingerprint density at radius 3 is 2.58 bits per heavy atom. The summed E-state index contributed by atoms with van der Waals surface area (Å²) >= 11 is 5.53. The second-order valence-corrected chi connectivity index (χ2v) is 5.10. The van der Waals surface area contributed by atoms with Crippen molar-refractivity contribution in [3.05, 3.63) is 5.28 Å². The molecule has 0 atom stereocenters. The zero-order chi connectivity index (χ0) is 14.5. The molecule has 1 aromatic rings. The van der Waals surface area contributed by atoms with Crippen LogP contribution in [0.2, 0.25) is 5.28 Å². The predicted molar refractivity (Wildman–Crippen MR) is 67.6 cm³/mol. The molecule has 0 amide bonds. The molecule has 1 rings (SSSR count). The molecule has 0 spiro atoms. The molecule has 0 saturated heterocycles. The average Bonchev–Trinajstić information content (AvgIpc) is 2.21. The summed E-state index contributed by atoms with van der Waals surface area (Å²) in [7, 11) is 0. The minimum absolute atomic E-state index is 0.0287. The van der Waals surface area contributed by atoms with Crippen molar-refractivity contribution in [1.29, 1.82) is 0 Å². The van der Waals surface area contributed by atoms with Crippen LogP contribution in [-0.4, -0.2) is 38.9 Å². The Hall–Kier alpha value is -0.960. The van der Waals surface area contributed by atoms with E-state index < -0.39 is 5.51 Å². The molecule has 0 aliphatic rings. The van der Waals surface area contributed by atoms with Gasteiger partial charge in [-0.05, 0) is 37.2 Å². The Morgan fingerprint density at radius 1 is 1.32 bits per heavy atom. The van der Waals surface area contributed by atoms with Crippen LogP contribution in [0.25, 0.3) is 0 Å². The van der Waals surface area contributed by atoms with Crippen LogP contribution in [0.15, 0.2) is 0 Å². The summed E-state index contributed by atoms with van der Waals surface area (Å²) < 4.78 is 40.9. The van der Waals surface area contributed by atoms with Gasteiger partial charge in [0, 0.05) is 12.3 Å². The number of anilines is 1. The molecule has 1 aromatic heterocycles. The highest BCUT2D eigenvalue weighted by atomic mass is 35.5. The molecular weight excluding hydrogens is 305 g/mol. The highest BCUT2D eigenvalue weighted by Crippen LogP contribution is 2.29. The van der Waals surface area contributed by atoms with E-state index >= 15 is 0 Å². The number of hydrogen-bond donors (Lipinski definition) is 1. The molecule has 10 heteroatoms. The van der Waals surface area contributed by atoms with Gasteiger partial charge in [0.05, 0.1) is 6.10 Å². The molecule has 0 aromatic carbocycles. The van der Waals surface area contributed by atoms with E-state index in [0.717, 1.165) is 0 Å². The molecule has 0 saturated carbocycles. The summed E-state index contributed by atoms with van der Waals surface area (Å²) in [5, 5.41) is 2.54. The van der Waals surface area contributed by atoms with Crippen LogP contribution in [0.5, 0.6) is 6.01 Å². The fourth-order valence-electron chi connectivity index (χ4n) is 1.00. The summed E-state index contributed by atoms with van der Waals surface area (Å²) in [6.45, 7) is 3.61. The molecule has 1 heterocycles. The quantitative estimate of drug-likeness (QED) is 0.814. The summed E-state index contributed by atoms with van der Waals surface area (Å²) in [5.74, 6) is -0.0777. The van der Waals surface area contributed by atoms with E-state index in [1.54, 1.807) is 13.8 Å². The minimum atomic E-state index is -4.25. The Bertz CT molecular complexity index is 419. The SMILES string of the molecule is CC(C)Oc1nc(Cl)nc(NCCSC(F)(F)F)n1. The van der Waals surface area contributed by atoms with Crippen molar-refractivity contribution < 1.29 is 17.9 Å². The lowest BCUT2D eigenvalue weighted by Gasteiger charge is -2.10.